The molecule has 1 N–H and O–H groups in total. The summed E-state index contributed by atoms with van der Waals surface area (Å²) in [6.07, 6.45) is 0.639. The lowest BCUT2D eigenvalue weighted by Gasteiger charge is -2.13. The molecule has 0 unspecified atom stereocenters. The summed E-state index contributed by atoms with van der Waals surface area (Å²) in [6.45, 7) is 2.41. The number of hydrogen-bond acceptors (Lipinski definition) is 5. The van der Waals surface area contributed by atoms with Crippen molar-refractivity contribution in [3.63, 3.8) is 0 Å². The molecule has 2 aromatic rings. The molecule has 0 spiro atoms. The molecule has 1 aromatic carbocycles. The van der Waals surface area contributed by atoms with Gasteiger partial charge < -0.3 is 9.73 Å². The van der Waals surface area contributed by atoms with Gasteiger partial charge in [-0.15, -0.1) is 10.2 Å². The molecule has 2 atom stereocenters. The minimum atomic E-state index is 0.175. The monoisotopic (exact) mass is 284 g/mol. The Morgan fingerprint density at radius 2 is 2.10 bits per heavy atom. The molecule has 1 amide bonds. The molecule has 1 aromatic heterocycles. The minimum Gasteiger partial charge on any atom is -0.419 e. The van der Waals surface area contributed by atoms with Crippen LogP contribution in [0.3, 0.4) is 0 Å². The molecule has 108 valence electrons. The number of likely N-dealkylation sites (tertiary alicyclic amines) is 1. The van der Waals surface area contributed by atoms with Crippen LogP contribution in [0.2, 0.25) is 0 Å². The first-order valence-electron chi connectivity index (χ1n) is 7.17. The van der Waals surface area contributed by atoms with Crippen molar-refractivity contribution < 1.29 is 9.21 Å². The molecule has 0 saturated carbocycles. The van der Waals surface area contributed by atoms with Crippen LogP contribution in [0.15, 0.2) is 34.7 Å². The van der Waals surface area contributed by atoms with E-state index in [2.05, 4.69) is 20.4 Å². The molecule has 2 saturated heterocycles. The number of carbonyl (C=O) groups excluding carboxylic acids is 1. The predicted molar refractivity (Wildman–Crippen MR) is 75.0 cm³/mol. The van der Waals surface area contributed by atoms with Gasteiger partial charge in [-0.05, 0) is 12.1 Å². The number of carbonyl (C=O) groups is 1. The van der Waals surface area contributed by atoms with Crippen molar-refractivity contribution in [1.82, 2.24) is 20.4 Å². The lowest BCUT2D eigenvalue weighted by Crippen LogP contribution is -2.32. The zero-order chi connectivity index (χ0) is 14.2. The number of aromatic nitrogens is 2. The van der Waals surface area contributed by atoms with E-state index in [1.165, 1.54) is 0 Å². The number of fused-ring (bicyclic) bond motifs is 1. The highest BCUT2D eigenvalue weighted by Crippen LogP contribution is 2.26. The highest BCUT2D eigenvalue weighted by Gasteiger charge is 2.40. The number of rotatable bonds is 3. The molecular weight excluding hydrogens is 268 g/mol. The van der Waals surface area contributed by atoms with Crippen LogP contribution in [0.25, 0.3) is 11.5 Å². The highest BCUT2D eigenvalue weighted by molar-refractivity contribution is 5.79. The highest BCUT2D eigenvalue weighted by atomic mass is 16.4. The Kier molecular flexibility index (Phi) is 2.96. The third-order valence-corrected chi connectivity index (χ3v) is 4.16. The van der Waals surface area contributed by atoms with E-state index in [1.54, 1.807) is 0 Å². The largest absolute Gasteiger partial charge is 0.419 e. The average Bonchev–Trinajstić information content (AvgIpc) is 3.15. The van der Waals surface area contributed by atoms with Crippen molar-refractivity contribution in [3.8, 4) is 11.5 Å². The quantitative estimate of drug-likeness (QED) is 0.912. The van der Waals surface area contributed by atoms with Crippen molar-refractivity contribution in [2.24, 2.45) is 5.92 Å². The van der Waals surface area contributed by atoms with Crippen molar-refractivity contribution in [3.05, 3.63) is 36.2 Å². The summed E-state index contributed by atoms with van der Waals surface area (Å²) in [4.78, 5) is 13.6. The van der Waals surface area contributed by atoms with Crippen LogP contribution >= 0.6 is 0 Å². The summed E-state index contributed by atoms with van der Waals surface area (Å²) < 4.78 is 5.72. The van der Waals surface area contributed by atoms with Crippen LogP contribution < -0.4 is 5.32 Å². The predicted octanol–water partition coefficient (Wildman–Crippen LogP) is 1.06. The average molecular weight is 284 g/mol. The SMILES string of the molecule is O=C1C[C@H]2CN(Cc3nnc(-c4ccccc4)o3)C[C@H]2N1. The van der Waals surface area contributed by atoms with E-state index in [1.807, 2.05) is 30.3 Å². The van der Waals surface area contributed by atoms with E-state index in [4.69, 9.17) is 4.42 Å². The molecule has 2 aliphatic rings. The first-order valence-corrected chi connectivity index (χ1v) is 7.17. The van der Waals surface area contributed by atoms with Crippen LogP contribution in [-0.2, 0) is 11.3 Å². The lowest BCUT2D eigenvalue weighted by molar-refractivity contribution is -0.119. The molecule has 6 nitrogen and oxygen atoms in total. The molecule has 0 bridgehead atoms. The normalized spacial score (nSPS) is 25.0. The van der Waals surface area contributed by atoms with Gasteiger partial charge in [0.2, 0.25) is 17.7 Å². The van der Waals surface area contributed by atoms with E-state index >= 15 is 0 Å². The minimum absolute atomic E-state index is 0.175. The van der Waals surface area contributed by atoms with Gasteiger partial charge in [0, 0.05) is 37.0 Å². The fourth-order valence-corrected chi connectivity index (χ4v) is 3.17. The third-order valence-electron chi connectivity index (χ3n) is 4.16. The Morgan fingerprint density at radius 3 is 2.90 bits per heavy atom. The maximum atomic E-state index is 11.3. The Hall–Kier alpha value is -2.21. The van der Waals surface area contributed by atoms with Crippen LogP contribution in [0, 0.1) is 5.92 Å². The zero-order valence-corrected chi connectivity index (χ0v) is 11.5. The Labute approximate surface area is 122 Å². The topological polar surface area (TPSA) is 71.3 Å². The molecule has 4 rings (SSSR count). The van der Waals surface area contributed by atoms with Gasteiger partial charge in [-0.3, -0.25) is 9.69 Å². The second-order valence-electron chi connectivity index (χ2n) is 5.70. The second kappa shape index (κ2) is 4.96. The van der Waals surface area contributed by atoms with Gasteiger partial charge >= 0.3 is 0 Å². The molecule has 2 fully saturated rings. The van der Waals surface area contributed by atoms with Gasteiger partial charge in [0.05, 0.1) is 6.54 Å². The Bertz CT molecular complexity index is 639. The van der Waals surface area contributed by atoms with E-state index < -0.39 is 0 Å². The van der Waals surface area contributed by atoms with E-state index in [0.29, 0.717) is 30.7 Å². The summed E-state index contributed by atoms with van der Waals surface area (Å²) in [5.74, 6) is 1.78. The van der Waals surface area contributed by atoms with Crippen molar-refractivity contribution >= 4 is 5.91 Å². The third kappa shape index (κ3) is 2.42. The molecule has 6 heteroatoms. The molecule has 21 heavy (non-hydrogen) atoms. The Balaban J connectivity index is 1.43. The van der Waals surface area contributed by atoms with Crippen LogP contribution in [0.1, 0.15) is 12.3 Å². The first kappa shape index (κ1) is 12.5. The second-order valence-corrected chi connectivity index (χ2v) is 5.70. The molecule has 0 aliphatic carbocycles. The number of benzene rings is 1. The van der Waals surface area contributed by atoms with Gasteiger partial charge in [-0.2, -0.15) is 0 Å². The summed E-state index contributed by atoms with van der Waals surface area (Å²) in [7, 11) is 0. The maximum Gasteiger partial charge on any atom is 0.247 e. The van der Waals surface area contributed by atoms with Crippen molar-refractivity contribution in [1.29, 1.82) is 0 Å². The van der Waals surface area contributed by atoms with E-state index in [0.717, 1.165) is 18.7 Å². The van der Waals surface area contributed by atoms with Gasteiger partial charge in [0.25, 0.3) is 0 Å². The lowest BCUT2D eigenvalue weighted by atomic mass is 10.1. The summed E-state index contributed by atoms with van der Waals surface area (Å²) in [6, 6.07) is 10.0. The number of hydrogen-bond donors (Lipinski definition) is 1. The summed E-state index contributed by atoms with van der Waals surface area (Å²) in [5, 5.41) is 11.2. The van der Waals surface area contributed by atoms with E-state index in [9.17, 15) is 4.79 Å². The molecule has 2 aliphatic heterocycles. The van der Waals surface area contributed by atoms with Crippen LogP contribution in [0.5, 0.6) is 0 Å². The molecule has 0 radical (unpaired) electrons. The van der Waals surface area contributed by atoms with Crippen molar-refractivity contribution in [2.45, 2.75) is 19.0 Å². The zero-order valence-electron chi connectivity index (χ0n) is 11.5. The number of amides is 1. The fourth-order valence-electron chi connectivity index (χ4n) is 3.17. The van der Waals surface area contributed by atoms with Gasteiger partial charge in [0.1, 0.15) is 0 Å². The summed E-state index contributed by atoms with van der Waals surface area (Å²) in [5.41, 5.74) is 0.932. The van der Waals surface area contributed by atoms with Gasteiger partial charge in [0.15, 0.2) is 0 Å². The van der Waals surface area contributed by atoms with Crippen LogP contribution in [-0.4, -0.2) is 40.1 Å². The number of nitrogens with one attached hydrogen (secondary N) is 1. The standard InChI is InChI=1S/C15H16N4O2/c20-13-6-11-7-19(8-12(11)16-13)9-14-17-18-15(21-14)10-4-2-1-3-5-10/h1-5,11-12H,6-9H2,(H,16,20)/t11-,12+/m0/s1. The fraction of sp³-hybridized carbons (Fsp3) is 0.400. The maximum absolute atomic E-state index is 11.3. The van der Waals surface area contributed by atoms with E-state index in [-0.39, 0.29) is 11.9 Å². The van der Waals surface area contributed by atoms with Crippen molar-refractivity contribution in [2.75, 3.05) is 13.1 Å². The molecule has 3 heterocycles. The Morgan fingerprint density at radius 1 is 1.24 bits per heavy atom. The smallest absolute Gasteiger partial charge is 0.247 e. The van der Waals surface area contributed by atoms with Crippen LogP contribution in [0.4, 0.5) is 0 Å². The molecular formula is C15H16N4O2. The first-order chi connectivity index (χ1) is 10.3. The number of nitrogens with zero attached hydrogens (tertiary/aromatic N) is 3. The summed E-state index contributed by atoms with van der Waals surface area (Å²) >= 11 is 0. The van der Waals surface area contributed by atoms with Gasteiger partial charge in [-0.25, -0.2) is 0 Å². The van der Waals surface area contributed by atoms with Gasteiger partial charge in [-0.1, -0.05) is 18.2 Å².